The molecule has 0 aliphatic heterocycles. The molecule has 0 bridgehead atoms. The van der Waals surface area contributed by atoms with E-state index < -0.39 is 0 Å². The first kappa shape index (κ1) is 16.0. The van der Waals surface area contributed by atoms with Crippen molar-refractivity contribution in [2.75, 3.05) is 5.32 Å². The number of pyridine rings is 1. The predicted octanol–water partition coefficient (Wildman–Crippen LogP) is 3.57. The van der Waals surface area contributed by atoms with Crippen LogP contribution in [0.1, 0.15) is 35.8 Å². The van der Waals surface area contributed by atoms with Gasteiger partial charge in [-0.2, -0.15) is 0 Å². The van der Waals surface area contributed by atoms with Crippen LogP contribution in [0, 0.1) is 19.8 Å². The van der Waals surface area contributed by atoms with Gasteiger partial charge in [0.15, 0.2) is 0 Å². The van der Waals surface area contributed by atoms with Crippen molar-refractivity contribution in [3.63, 3.8) is 0 Å². The van der Waals surface area contributed by atoms with E-state index in [2.05, 4.69) is 32.4 Å². The number of rotatable bonds is 4. The number of hydrogen-bond acceptors (Lipinski definition) is 5. The third-order valence-corrected chi connectivity index (χ3v) is 4.86. The highest BCUT2D eigenvalue weighted by molar-refractivity contribution is 5.78. The number of aryl methyl sites for hydroxylation is 2. The molecule has 1 aromatic carbocycles. The van der Waals surface area contributed by atoms with Gasteiger partial charge in [-0.1, -0.05) is 18.2 Å². The Balaban J connectivity index is 1.69. The van der Waals surface area contributed by atoms with Gasteiger partial charge in [0.05, 0.1) is 17.7 Å². The summed E-state index contributed by atoms with van der Waals surface area (Å²) in [5.41, 5.74) is 3.98. The Morgan fingerprint density at radius 1 is 1.08 bits per heavy atom. The van der Waals surface area contributed by atoms with Gasteiger partial charge < -0.3 is 10.4 Å². The highest BCUT2D eigenvalue weighted by atomic mass is 16.3. The molecule has 5 nitrogen and oxygen atoms in total. The first-order chi connectivity index (χ1) is 12.1. The SMILES string of the molecule is Cc1cc(C)nc(NC(c2cnc3ccccc3c2)C2CC(O)C2)n1. The Morgan fingerprint density at radius 3 is 2.52 bits per heavy atom. The zero-order chi connectivity index (χ0) is 17.4. The molecule has 2 aromatic heterocycles. The van der Waals surface area contributed by atoms with Gasteiger partial charge in [0.25, 0.3) is 0 Å². The van der Waals surface area contributed by atoms with E-state index in [4.69, 9.17) is 0 Å². The molecule has 1 aliphatic carbocycles. The van der Waals surface area contributed by atoms with Crippen molar-refractivity contribution in [2.45, 2.75) is 38.8 Å². The molecule has 1 aliphatic rings. The maximum atomic E-state index is 9.77. The Bertz CT molecular complexity index is 885. The molecule has 1 fully saturated rings. The van der Waals surface area contributed by atoms with Crippen molar-refractivity contribution in [3.8, 4) is 0 Å². The third kappa shape index (κ3) is 3.33. The van der Waals surface area contributed by atoms with Gasteiger partial charge in [-0.05, 0) is 56.4 Å². The molecular weight excluding hydrogens is 312 g/mol. The van der Waals surface area contributed by atoms with Crippen LogP contribution in [0.25, 0.3) is 10.9 Å². The number of fused-ring (bicyclic) bond motifs is 1. The molecule has 2 heterocycles. The summed E-state index contributed by atoms with van der Waals surface area (Å²) >= 11 is 0. The number of aliphatic hydroxyl groups is 1. The van der Waals surface area contributed by atoms with Crippen LogP contribution in [0.15, 0.2) is 42.6 Å². The number of nitrogens with zero attached hydrogens (tertiary/aromatic N) is 3. The summed E-state index contributed by atoms with van der Waals surface area (Å²) in [4.78, 5) is 13.6. The minimum atomic E-state index is -0.206. The Kier molecular flexibility index (Phi) is 4.09. The maximum absolute atomic E-state index is 9.77. The molecule has 0 saturated heterocycles. The second-order valence-corrected chi connectivity index (χ2v) is 6.94. The minimum absolute atomic E-state index is 0.0432. The fourth-order valence-electron chi connectivity index (χ4n) is 3.56. The first-order valence-electron chi connectivity index (χ1n) is 8.70. The standard InChI is InChI=1S/C20H22N4O/c1-12-7-13(2)23-20(22-12)24-19(15-9-17(25)10-15)16-8-14-5-3-4-6-18(14)21-11-16/h3-8,11,15,17,19,25H,9-10H2,1-2H3,(H,22,23,24). The molecule has 128 valence electrons. The molecule has 3 aromatic rings. The van der Waals surface area contributed by atoms with E-state index in [1.807, 2.05) is 44.3 Å². The summed E-state index contributed by atoms with van der Waals surface area (Å²) in [7, 11) is 0. The monoisotopic (exact) mass is 334 g/mol. The van der Waals surface area contributed by atoms with Crippen LogP contribution in [0.2, 0.25) is 0 Å². The van der Waals surface area contributed by atoms with Gasteiger partial charge in [0.2, 0.25) is 5.95 Å². The van der Waals surface area contributed by atoms with E-state index in [0.29, 0.717) is 11.9 Å². The van der Waals surface area contributed by atoms with E-state index in [-0.39, 0.29) is 12.1 Å². The van der Waals surface area contributed by atoms with Crippen LogP contribution in [-0.4, -0.2) is 26.2 Å². The van der Waals surface area contributed by atoms with Crippen LogP contribution in [0.5, 0.6) is 0 Å². The Hall–Kier alpha value is -2.53. The average Bonchev–Trinajstić information content (AvgIpc) is 2.56. The van der Waals surface area contributed by atoms with Crippen LogP contribution in [-0.2, 0) is 0 Å². The lowest BCUT2D eigenvalue weighted by Gasteiger charge is -2.38. The van der Waals surface area contributed by atoms with Gasteiger partial charge in [0, 0.05) is 23.0 Å². The lowest BCUT2D eigenvalue weighted by molar-refractivity contribution is 0.0338. The number of para-hydroxylation sites is 1. The molecule has 2 N–H and O–H groups in total. The number of hydrogen-bond donors (Lipinski definition) is 2. The van der Waals surface area contributed by atoms with E-state index in [1.54, 1.807) is 0 Å². The highest BCUT2D eigenvalue weighted by Crippen LogP contribution is 2.40. The second-order valence-electron chi connectivity index (χ2n) is 6.94. The van der Waals surface area contributed by atoms with E-state index in [1.165, 1.54) is 0 Å². The van der Waals surface area contributed by atoms with Crippen LogP contribution in [0.4, 0.5) is 5.95 Å². The van der Waals surface area contributed by atoms with Gasteiger partial charge in [-0.3, -0.25) is 4.98 Å². The molecule has 1 atom stereocenters. The molecule has 1 unspecified atom stereocenters. The van der Waals surface area contributed by atoms with Crippen molar-refractivity contribution in [3.05, 3.63) is 59.5 Å². The third-order valence-electron chi connectivity index (χ3n) is 4.86. The van der Waals surface area contributed by atoms with Crippen molar-refractivity contribution >= 4 is 16.9 Å². The quantitative estimate of drug-likeness (QED) is 0.763. The largest absolute Gasteiger partial charge is 0.393 e. The fraction of sp³-hybridized carbons (Fsp3) is 0.350. The normalized spacial score (nSPS) is 20.9. The topological polar surface area (TPSA) is 70.9 Å². The van der Waals surface area contributed by atoms with Gasteiger partial charge in [0.1, 0.15) is 0 Å². The average molecular weight is 334 g/mol. The Labute approximate surface area is 147 Å². The Morgan fingerprint density at radius 2 is 1.80 bits per heavy atom. The molecule has 5 heteroatoms. The summed E-state index contributed by atoms with van der Waals surface area (Å²) in [6, 6.07) is 12.3. The smallest absolute Gasteiger partial charge is 0.223 e. The first-order valence-corrected chi connectivity index (χ1v) is 8.70. The molecule has 0 spiro atoms. The second kappa shape index (κ2) is 6.41. The zero-order valence-corrected chi connectivity index (χ0v) is 14.5. The molecule has 0 radical (unpaired) electrons. The number of benzene rings is 1. The van der Waals surface area contributed by atoms with Crippen LogP contribution < -0.4 is 5.32 Å². The van der Waals surface area contributed by atoms with Crippen molar-refractivity contribution in [1.82, 2.24) is 15.0 Å². The molecular formula is C20H22N4O. The van der Waals surface area contributed by atoms with E-state index in [0.717, 1.165) is 40.7 Å². The van der Waals surface area contributed by atoms with Gasteiger partial charge in [-0.25, -0.2) is 9.97 Å². The number of aliphatic hydroxyl groups excluding tert-OH is 1. The maximum Gasteiger partial charge on any atom is 0.223 e. The number of anilines is 1. The molecule has 4 rings (SSSR count). The van der Waals surface area contributed by atoms with Crippen molar-refractivity contribution in [2.24, 2.45) is 5.92 Å². The summed E-state index contributed by atoms with van der Waals surface area (Å²) in [5.74, 6) is 0.986. The summed E-state index contributed by atoms with van der Waals surface area (Å²) < 4.78 is 0. The number of aromatic nitrogens is 3. The molecule has 25 heavy (non-hydrogen) atoms. The summed E-state index contributed by atoms with van der Waals surface area (Å²) in [6.07, 6.45) is 3.29. The van der Waals surface area contributed by atoms with E-state index >= 15 is 0 Å². The fourth-order valence-corrected chi connectivity index (χ4v) is 3.56. The van der Waals surface area contributed by atoms with Gasteiger partial charge >= 0.3 is 0 Å². The zero-order valence-electron chi connectivity index (χ0n) is 14.5. The van der Waals surface area contributed by atoms with Crippen molar-refractivity contribution in [1.29, 1.82) is 0 Å². The van der Waals surface area contributed by atoms with Crippen LogP contribution in [0.3, 0.4) is 0 Å². The molecule has 1 saturated carbocycles. The number of nitrogens with one attached hydrogen (secondary N) is 1. The summed E-state index contributed by atoms with van der Waals surface area (Å²) in [5, 5.41) is 14.4. The van der Waals surface area contributed by atoms with E-state index in [9.17, 15) is 5.11 Å². The lowest BCUT2D eigenvalue weighted by atomic mass is 9.75. The predicted molar refractivity (Wildman–Crippen MR) is 98.3 cm³/mol. The molecule has 0 amide bonds. The summed E-state index contributed by atoms with van der Waals surface area (Å²) in [6.45, 7) is 3.94. The van der Waals surface area contributed by atoms with Crippen LogP contribution >= 0.6 is 0 Å². The lowest BCUT2D eigenvalue weighted by Crippen LogP contribution is -2.36. The minimum Gasteiger partial charge on any atom is -0.393 e. The highest BCUT2D eigenvalue weighted by Gasteiger charge is 2.35. The van der Waals surface area contributed by atoms with Gasteiger partial charge in [-0.15, -0.1) is 0 Å². The van der Waals surface area contributed by atoms with Crippen molar-refractivity contribution < 1.29 is 5.11 Å².